The van der Waals surface area contributed by atoms with Crippen LogP contribution in [0.1, 0.15) is 12.5 Å². The molecule has 226 valence electrons. The van der Waals surface area contributed by atoms with Gasteiger partial charge >= 0.3 is 0 Å². The van der Waals surface area contributed by atoms with Crippen LogP contribution < -0.4 is 27.5 Å². The Labute approximate surface area is 286 Å². The maximum Gasteiger partial charge on any atom is 0.297 e. The standard InChI is InChI=1S/C41H30IN4O/c1-2-27-25-32(41-45-36-19-11-12-20-38(36)47-41)33(42)26-37(27)46(30-15-7-4-8-16-30)31-23-21-29(22-24-31)40-39(28-13-5-3-6-14-28)43-34-17-9-10-18-35(34)44-40/h3-26,42H,2H2,1H3/q+1. The van der Waals surface area contributed by atoms with Crippen molar-refractivity contribution >= 4 is 39.2 Å². The third-order valence-corrected chi connectivity index (χ3v) is 9.32. The first-order valence-electron chi connectivity index (χ1n) is 15.6. The first-order valence-corrected chi connectivity index (χ1v) is 16.8. The van der Waals surface area contributed by atoms with Gasteiger partial charge in [0.25, 0.3) is 22.6 Å². The number of fused-ring (bicyclic) bond motifs is 2. The Morgan fingerprint density at radius 1 is 0.574 bits per heavy atom. The third-order valence-electron chi connectivity index (χ3n) is 8.36. The van der Waals surface area contributed by atoms with Gasteiger partial charge in [-0.15, -0.1) is 0 Å². The molecule has 0 saturated heterocycles. The van der Waals surface area contributed by atoms with Gasteiger partial charge in [0, 0.05) is 28.6 Å². The molecule has 0 N–H and O–H groups in total. The summed E-state index contributed by atoms with van der Waals surface area (Å²) in [4.78, 5) is 17.3. The number of anilines is 3. The minimum Gasteiger partial charge on any atom is -0.436 e. The van der Waals surface area contributed by atoms with E-state index >= 15 is 0 Å². The summed E-state index contributed by atoms with van der Waals surface area (Å²) in [6, 6.07) is 49.9. The molecule has 0 aliphatic carbocycles. The molecular weight excluding hydrogens is 691 g/mol. The van der Waals surface area contributed by atoms with E-state index in [1.165, 1.54) is 5.56 Å². The summed E-state index contributed by atoms with van der Waals surface area (Å²) in [5.74, 6) is 0.647. The third kappa shape index (κ3) is 5.55. The van der Waals surface area contributed by atoms with Crippen molar-refractivity contribution < 1.29 is 27.0 Å². The highest BCUT2D eigenvalue weighted by atomic mass is 127. The topological polar surface area (TPSA) is 55.1 Å². The van der Waals surface area contributed by atoms with Crippen molar-refractivity contribution in [3.63, 3.8) is 0 Å². The number of para-hydroxylation sites is 5. The summed E-state index contributed by atoms with van der Waals surface area (Å²) < 4.78 is 7.30. The summed E-state index contributed by atoms with van der Waals surface area (Å²) >= 11 is 2.04. The number of aryl methyl sites for hydroxylation is 1. The van der Waals surface area contributed by atoms with E-state index < -0.39 is 0 Å². The Balaban J connectivity index is 1.24. The lowest BCUT2D eigenvalue weighted by atomic mass is 10.0. The van der Waals surface area contributed by atoms with Crippen molar-refractivity contribution in [2.24, 2.45) is 0 Å². The van der Waals surface area contributed by atoms with Crippen LogP contribution in [0.2, 0.25) is 0 Å². The smallest absolute Gasteiger partial charge is 0.297 e. The molecule has 0 spiro atoms. The summed E-state index contributed by atoms with van der Waals surface area (Å²) in [5.41, 5.74) is 12.7. The molecule has 0 aliphatic rings. The minimum absolute atomic E-state index is 0.647. The molecule has 0 fully saturated rings. The number of aromatic nitrogens is 3. The zero-order valence-electron chi connectivity index (χ0n) is 25.7. The molecule has 6 heteroatoms. The first kappa shape index (κ1) is 29.1. The fraction of sp³-hybridized carbons (Fsp3) is 0.0488. The second kappa shape index (κ2) is 12.5. The predicted molar refractivity (Wildman–Crippen MR) is 188 cm³/mol. The number of halogens is 1. The molecule has 0 atom stereocenters. The van der Waals surface area contributed by atoms with Crippen LogP contribution in [0.25, 0.3) is 56.1 Å². The molecule has 0 aliphatic heterocycles. The van der Waals surface area contributed by atoms with Crippen LogP contribution in [0.15, 0.2) is 150 Å². The monoisotopic (exact) mass is 721 g/mol. The van der Waals surface area contributed by atoms with Gasteiger partial charge in [-0.3, -0.25) is 0 Å². The van der Waals surface area contributed by atoms with Crippen molar-refractivity contribution in [1.82, 2.24) is 15.0 Å². The van der Waals surface area contributed by atoms with Crippen molar-refractivity contribution in [3.05, 3.63) is 155 Å². The normalized spacial score (nSPS) is 11.3. The molecule has 0 saturated carbocycles. The lowest BCUT2D eigenvalue weighted by Crippen LogP contribution is -3.34. The molecule has 47 heavy (non-hydrogen) atoms. The average Bonchev–Trinajstić information content (AvgIpc) is 3.57. The first-order chi connectivity index (χ1) is 23.2. The Morgan fingerprint density at radius 3 is 1.77 bits per heavy atom. The van der Waals surface area contributed by atoms with E-state index in [9.17, 15) is 0 Å². The Hall–Kier alpha value is -5.34. The second-order valence-corrected chi connectivity index (χ2v) is 12.6. The second-order valence-electron chi connectivity index (χ2n) is 11.3. The van der Waals surface area contributed by atoms with Gasteiger partial charge in [0.1, 0.15) is 5.52 Å². The summed E-state index contributed by atoms with van der Waals surface area (Å²) in [5, 5.41) is 0. The molecule has 0 bridgehead atoms. The quantitative estimate of drug-likeness (QED) is 0.162. The van der Waals surface area contributed by atoms with Crippen molar-refractivity contribution in [3.8, 4) is 34.0 Å². The van der Waals surface area contributed by atoms with E-state index in [2.05, 4.69) is 90.7 Å². The molecule has 0 amide bonds. The summed E-state index contributed by atoms with van der Waals surface area (Å²) in [6.45, 7) is 2.20. The van der Waals surface area contributed by atoms with Crippen molar-refractivity contribution in [2.75, 3.05) is 4.90 Å². The lowest BCUT2D eigenvalue weighted by Gasteiger charge is -2.28. The molecule has 8 rings (SSSR count). The largest absolute Gasteiger partial charge is 0.436 e. The summed E-state index contributed by atoms with van der Waals surface area (Å²) in [6.07, 6.45) is 0.846. The van der Waals surface area contributed by atoms with Gasteiger partial charge in [-0.25, -0.2) is 15.0 Å². The zero-order chi connectivity index (χ0) is 31.7. The molecule has 2 aromatic heterocycles. The van der Waals surface area contributed by atoms with Crippen molar-refractivity contribution in [2.45, 2.75) is 13.3 Å². The van der Waals surface area contributed by atoms with Gasteiger partial charge in [0.15, 0.2) is 5.58 Å². The number of rotatable bonds is 7. The van der Waals surface area contributed by atoms with E-state index in [0.717, 1.165) is 77.3 Å². The average molecular weight is 722 g/mol. The molecule has 0 radical (unpaired) electrons. The highest BCUT2D eigenvalue weighted by molar-refractivity contribution is 5.87. The number of hydrogen-bond acceptors (Lipinski definition) is 5. The maximum absolute atomic E-state index is 6.19. The number of nitrogens with zero attached hydrogens (tertiary/aromatic N) is 4. The van der Waals surface area contributed by atoms with Gasteiger partial charge in [0.05, 0.1) is 33.7 Å². The van der Waals surface area contributed by atoms with Gasteiger partial charge in [0.2, 0.25) is 9.46 Å². The van der Waals surface area contributed by atoms with Gasteiger partial charge < -0.3 is 9.32 Å². The van der Waals surface area contributed by atoms with Gasteiger partial charge in [-0.05, 0) is 66.6 Å². The number of oxazole rings is 1. The van der Waals surface area contributed by atoms with Crippen LogP contribution in [-0.2, 0) is 6.42 Å². The van der Waals surface area contributed by atoms with Crippen LogP contribution >= 0.6 is 0 Å². The lowest BCUT2D eigenvalue weighted by molar-refractivity contribution is -0.326. The van der Waals surface area contributed by atoms with E-state index in [-0.39, 0.29) is 0 Å². The molecule has 6 aromatic carbocycles. The van der Waals surface area contributed by atoms with Gasteiger partial charge in [-0.1, -0.05) is 91.9 Å². The van der Waals surface area contributed by atoms with E-state index in [4.69, 9.17) is 19.4 Å². The predicted octanol–water partition coefficient (Wildman–Crippen LogP) is 7.26. The highest BCUT2D eigenvalue weighted by Crippen LogP contribution is 2.40. The fourth-order valence-electron chi connectivity index (χ4n) is 6.03. The molecular formula is C41H30IN4O+. The van der Waals surface area contributed by atoms with E-state index in [1.54, 1.807) is 0 Å². The zero-order valence-corrected chi connectivity index (χ0v) is 28.0. The molecule has 2 heterocycles. The Bertz CT molecular complexity index is 2320. The van der Waals surface area contributed by atoms with Crippen LogP contribution in [0.4, 0.5) is 17.1 Å². The van der Waals surface area contributed by atoms with E-state index in [0.29, 0.717) is 5.89 Å². The SMILES string of the molecule is CCc1cc(-c2nc3ccccc3o2)c([IH+])cc1N(c1ccccc1)c1ccc(-c2nc3ccccc3nc2-c2ccccc2)cc1. The molecule has 0 unspecified atom stereocenters. The Kier molecular flexibility index (Phi) is 7.71. The van der Waals surface area contributed by atoms with Crippen LogP contribution in [-0.4, -0.2) is 15.0 Å². The highest BCUT2D eigenvalue weighted by Gasteiger charge is 2.23. The number of hydrogen-bond donors (Lipinski definition) is 0. The maximum atomic E-state index is 6.19. The van der Waals surface area contributed by atoms with Crippen LogP contribution in [0, 0.1) is 3.57 Å². The fourth-order valence-corrected chi connectivity index (χ4v) is 6.77. The van der Waals surface area contributed by atoms with Gasteiger partial charge in [-0.2, -0.15) is 0 Å². The Morgan fingerprint density at radius 2 is 1.13 bits per heavy atom. The van der Waals surface area contributed by atoms with Crippen LogP contribution in [0.5, 0.6) is 0 Å². The van der Waals surface area contributed by atoms with Crippen molar-refractivity contribution in [1.29, 1.82) is 0 Å². The number of benzene rings is 6. The molecule has 8 aromatic rings. The minimum atomic E-state index is 0.647. The van der Waals surface area contributed by atoms with Crippen LogP contribution in [0.3, 0.4) is 0 Å². The van der Waals surface area contributed by atoms with E-state index in [1.807, 2.05) is 89.3 Å². The molecule has 5 nitrogen and oxygen atoms in total. The summed E-state index contributed by atoms with van der Waals surface area (Å²) in [7, 11) is 0.